The minimum absolute atomic E-state index is 0.00854. The maximum absolute atomic E-state index is 14.7. The van der Waals surface area contributed by atoms with E-state index >= 15 is 0 Å². The first-order valence-electron chi connectivity index (χ1n) is 10.3. The van der Waals surface area contributed by atoms with Gasteiger partial charge in [-0.3, -0.25) is 20.4 Å². The molecule has 1 saturated carbocycles. The summed E-state index contributed by atoms with van der Waals surface area (Å²) in [7, 11) is -1.69. The second-order valence-corrected chi connectivity index (χ2v) is 10.9. The van der Waals surface area contributed by atoms with Crippen LogP contribution < -0.4 is 15.6 Å². The molecule has 8 nitrogen and oxygen atoms in total. The Hall–Kier alpha value is -0.520. The van der Waals surface area contributed by atoms with Crippen molar-refractivity contribution in [3.05, 3.63) is 0 Å². The Balaban J connectivity index is 1.55. The molecule has 29 heavy (non-hydrogen) atoms. The molecule has 3 rings (SSSR count). The fourth-order valence-corrected chi connectivity index (χ4v) is 6.23. The molecular weight excluding hydrogens is 423 g/mol. The van der Waals surface area contributed by atoms with Gasteiger partial charge >= 0.3 is 0 Å². The number of likely N-dealkylation sites (N-methyl/N-ethyl adjacent to an activating group) is 1. The van der Waals surface area contributed by atoms with Gasteiger partial charge < -0.3 is 4.74 Å². The Labute approximate surface area is 177 Å². The lowest BCUT2D eigenvalue weighted by atomic mass is 9.76. The quantitative estimate of drug-likeness (QED) is 0.401. The average molecular weight is 455 g/mol. The summed E-state index contributed by atoms with van der Waals surface area (Å²) in [5.74, 6) is -1.69. The van der Waals surface area contributed by atoms with Crippen LogP contribution >= 0.6 is 11.6 Å². The molecule has 2 aliphatic heterocycles. The van der Waals surface area contributed by atoms with Crippen LogP contribution in [-0.4, -0.2) is 75.5 Å². The molecule has 0 spiro atoms. The van der Waals surface area contributed by atoms with Gasteiger partial charge in [-0.25, -0.2) is 12.8 Å². The Kier molecular flexibility index (Phi) is 7.77. The molecule has 3 N–H and O–H groups in total. The van der Waals surface area contributed by atoms with Crippen LogP contribution in [0.4, 0.5) is 4.39 Å². The number of carbonyl (C=O) groups is 1. The van der Waals surface area contributed by atoms with Crippen molar-refractivity contribution in [2.75, 3.05) is 32.6 Å². The maximum atomic E-state index is 14.7. The van der Waals surface area contributed by atoms with E-state index in [1.807, 2.05) is 7.05 Å². The zero-order valence-electron chi connectivity index (χ0n) is 16.9. The molecule has 1 aliphatic carbocycles. The van der Waals surface area contributed by atoms with Crippen molar-refractivity contribution in [1.29, 1.82) is 0 Å². The van der Waals surface area contributed by atoms with Crippen molar-refractivity contribution in [3.63, 3.8) is 0 Å². The van der Waals surface area contributed by atoms with Crippen LogP contribution in [0.5, 0.6) is 0 Å². The third-order valence-corrected chi connectivity index (χ3v) is 8.19. The van der Waals surface area contributed by atoms with E-state index in [-0.39, 0.29) is 29.8 Å². The highest BCUT2D eigenvalue weighted by atomic mass is 35.5. The summed E-state index contributed by atoms with van der Waals surface area (Å²) in [6.45, 7) is 3.94. The lowest BCUT2D eigenvalue weighted by Crippen LogP contribution is -2.52. The van der Waals surface area contributed by atoms with Crippen LogP contribution in [0, 0.1) is 17.8 Å². The zero-order valence-corrected chi connectivity index (χ0v) is 18.5. The predicted octanol–water partition coefficient (Wildman–Crippen LogP) is 0.585. The number of hydrogen-bond acceptors (Lipinski definition) is 6. The molecule has 2 heterocycles. The molecule has 6 atom stereocenters. The SMILES string of the molecule is CC1NC(C2CC(Cl)C(F)C(C(=O)NNS(=O)(=O)CC3CCOCC3)C2)CN1C. The molecule has 11 heteroatoms. The standard InChI is InChI=1S/C18H32ClFN4O4S/c1-11-21-16(9-24(11)2)13-7-14(17(20)15(19)8-13)18(25)22-23-29(26,27)10-12-3-5-28-6-4-12/h11-17,21,23H,3-10H2,1-2H3,(H,22,25). The first-order valence-corrected chi connectivity index (χ1v) is 12.4. The number of hydrogen-bond donors (Lipinski definition) is 3. The number of amides is 1. The van der Waals surface area contributed by atoms with E-state index in [0.29, 0.717) is 38.9 Å². The number of alkyl halides is 2. The number of nitrogens with one attached hydrogen (secondary N) is 3. The molecule has 0 aromatic carbocycles. The van der Waals surface area contributed by atoms with Gasteiger partial charge in [0.15, 0.2) is 0 Å². The van der Waals surface area contributed by atoms with Crippen LogP contribution in [0.1, 0.15) is 32.6 Å². The van der Waals surface area contributed by atoms with Crippen molar-refractivity contribution in [2.45, 2.75) is 56.4 Å². The van der Waals surface area contributed by atoms with Crippen molar-refractivity contribution in [2.24, 2.45) is 17.8 Å². The third kappa shape index (κ3) is 6.01. The van der Waals surface area contributed by atoms with Gasteiger partial charge in [-0.15, -0.1) is 16.4 Å². The maximum Gasteiger partial charge on any atom is 0.241 e. The minimum Gasteiger partial charge on any atom is -0.381 e. The van der Waals surface area contributed by atoms with Crippen LogP contribution in [-0.2, 0) is 19.6 Å². The van der Waals surface area contributed by atoms with E-state index in [9.17, 15) is 17.6 Å². The van der Waals surface area contributed by atoms with Gasteiger partial charge in [0.05, 0.1) is 23.2 Å². The molecule has 1 amide bonds. The average Bonchev–Trinajstić information content (AvgIpc) is 3.01. The molecule has 6 unspecified atom stereocenters. The summed E-state index contributed by atoms with van der Waals surface area (Å²) in [5.41, 5.74) is 2.22. The lowest BCUT2D eigenvalue weighted by Gasteiger charge is -2.37. The number of carbonyl (C=O) groups excluding carboxylic acids is 1. The fraction of sp³-hybridized carbons (Fsp3) is 0.944. The van der Waals surface area contributed by atoms with Gasteiger partial charge in [-0.2, -0.15) is 0 Å². The summed E-state index contributed by atoms with van der Waals surface area (Å²) in [4.78, 5) is 16.9. The number of sulfonamides is 1. The normalized spacial score (nSPS) is 37.5. The highest BCUT2D eigenvalue weighted by Gasteiger charge is 2.45. The monoisotopic (exact) mass is 454 g/mol. The summed E-state index contributed by atoms with van der Waals surface area (Å²) < 4.78 is 44.5. The van der Waals surface area contributed by atoms with Gasteiger partial charge in [-0.1, -0.05) is 0 Å². The lowest BCUT2D eigenvalue weighted by molar-refractivity contribution is -0.129. The van der Waals surface area contributed by atoms with Crippen molar-refractivity contribution in [1.82, 2.24) is 20.5 Å². The number of halogens is 2. The molecule has 0 aromatic heterocycles. The Bertz CT molecular complexity index is 669. The van der Waals surface area contributed by atoms with Crippen LogP contribution in [0.3, 0.4) is 0 Å². The second kappa shape index (κ2) is 9.74. The number of rotatable bonds is 6. The zero-order chi connectivity index (χ0) is 21.2. The molecule has 0 bridgehead atoms. The topological polar surface area (TPSA) is 99.8 Å². The molecule has 168 valence electrons. The van der Waals surface area contributed by atoms with Crippen molar-refractivity contribution < 1.29 is 22.3 Å². The van der Waals surface area contributed by atoms with Gasteiger partial charge in [0.2, 0.25) is 15.9 Å². The van der Waals surface area contributed by atoms with Crippen LogP contribution in [0.2, 0.25) is 0 Å². The van der Waals surface area contributed by atoms with Gasteiger partial charge in [0, 0.05) is 25.8 Å². The van der Waals surface area contributed by atoms with E-state index < -0.39 is 33.4 Å². The predicted molar refractivity (Wildman–Crippen MR) is 108 cm³/mol. The molecule has 0 aromatic rings. The Morgan fingerprint density at radius 3 is 2.62 bits per heavy atom. The van der Waals surface area contributed by atoms with E-state index in [0.717, 1.165) is 6.54 Å². The van der Waals surface area contributed by atoms with Gasteiger partial charge in [0.1, 0.15) is 6.17 Å². The van der Waals surface area contributed by atoms with Crippen molar-refractivity contribution >= 4 is 27.5 Å². The van der Waals surface area contributed by atoms with Crippen LogP contribution in [0.15, 0.2) is 0 Å². The third-order valence-electron chi connectivity index (χ3n) is 6.45. The van der Waals surface area contributed by atoms with E-state index in [1.165, 1.54) is 0 Å². The van der Waals surface area contributed by atoms with Crippen LogP contribution in [0.25, 0.3) is 0 Å². The summed E-state index contributed by atoms with van der Waals surface area (Å²) in [5, 5.41) is 2.69. The smallest absolute Gasteiger partial charge is 0.241 e. The van der Waals surface area contributed by atoms with Gasteiger partial charge in [-0.05, 0) is 51.5 Å². The number of nitrogens with zero attached hydrogens (tertiary/aromatic N) is 1. The largest absolute Gasteiger partial charge is 0.381 e. The molecule has 2 saturated heterocycles. The van der Waals surface area contributed by atoms with E-state index in [1.54, 1.807) is 0 Å². The second-order valence-electron chi connectivity index (χ2n) is 8.62. The summed E-state index contributed by atoms with van der Waals surface area (Å²) >= 11 is 6.22. The van der Waals surface area contributed by atoms with Crippen molar-refractivity contribution in [3.8, 4) is 0 Å². The van der Waals surface area contributed by atoms with E-state index in [2.05, 4.69) is 27.4 Å². The first kappa shape index (κ1) is 23.1. The fourth-order valence-electron chi connectivity index (χ4n) is 4.53. The molecule has 0 radical (unpaired) electrons. The molecule has 3 aliphatic rings. The molecule has 3 fully saturated rings. The Morgan fingerprint density at radius 1 is 1.31 bits per heavy atom. The first-order chi connectivity index (χ1) is 13.7. The highest BCUT2D eigenvalue weighted by molar-refractivity contribution is 7.89. The van der Waals surface area contributed by atoms with Gasteiger partial charge in [0.25, 0.3) is 0 Å². The summed E-state index contributed by atoms with van der Waals surface area (Å²) in [6.07, 6.45) is 0.851. The highest BCUT2D eigenvalue weighted by Crippen LogP contribution is 2.37. The minimum atomic E-state index is -3.70. The number of ether oxygens (including phenoxy) is 1. The summed E-state index contributed by atoms with van der Waals surface area (Å²) in [6, 6.07) is 0.129. The Morgan fingerprint density at radius 2 is 2.00 bits per heavy atom. The number of hydrazine groups is 1. The van der Waals surface area contributed by atoms with E-state index in [4.69, 9.17) is 16.3 Å². The molecular formula is C18H32ClFN4O4S.